The van der Waals surface area contributed by atoms with Crippen LogP contribution >= 0.6 is 0 Å². The summed E-state index contributed by atoms with van der Waals surface area (Å²) < 4.78 is 10.9. The van der Waals surface area contributed by atoms with Gasteiger partial charge in [-0.25, -0.2) is 0 Å². The van der Waals surface area contributed by atoms with Crippen molar-refractivity contribution in [3.63, 3.8) is 0 Å². The molecule has 1 atom stereocenters. The highest BCUT2D eigenvalue weighted by Crippen LogP contribution is 2.39. The number of carbonyl (C=O) groups is 1. The Hall–Kier alpha value is -1.59. The lowest BCUT2D eigenvalue weighted by Crippen LogP contribution is -2.59. The van der Waals surface area contributed by atoms with Crippen LogP contribution in [0.5, 0.6) is 5.75 Å². The molecule has 1 aliphatic rings. The van der Waals surface area contributed by atoms with Crippen molar-refractivity contribution >= 4 is 5.91 Å². The number of nitrogens with one attached hydrogen (secondary N) is 1. The summed E-state index contributed by atoms with van der Waals surface area (Å²) in [6.45, 7) is 0.784. The van der Waals surface area contributed by atoms with E-state index in [1.807, 2.05) is 24.3 Å². The quantitative estimate of drug-likeness (QED) is 0.746. The van der Waals surface area contributed by atoms with Gasteiger partial charge in [0.15, 0.2) is 0 Å². The molecule has 0 aromatic heterocycles. The third kappa shape index (κ3) is 3.11. The summed E-state index contributed by atoms with van der Waals surface area (Å²) in [6, 6.07) is 7.66. The average molecular weight is 278 g/mol. The van der Waals surface area contributed by atoms with Crippen molar-refractivity contribution in [2.24, 2.45) is 11.7 Å². The largest absolute Gasteiger partial charge is 0.491 e. The summed E-state index contributed by atoms with van der Waals surface area (Å²) >= 11 is 0. The Bertz CT molecular complexity index is 474. The van der Waals surface area contributed by atoms with E-state index in [0.29, 0.717) is 6.61 Å². The lowest BCUT2D eigenvalue weighted by molar-refractivity contribution is -0.126. The van der Waals surface area contributed by atoms with E-state index in [-0.39, 0.29) is 18.4 Å². The highest BCUT2D eigenvalue weighted by molar-refractivity contribution is 5.85. The summed E-state index contributed by atoms with van der Waals surface area (Å²) in [5.74, 6) is 0.642. The number of likely N-dealkylation sites (N-methyl/N-ethyl adjacent to an activating group) is 1. The number of hydrogen-bond acceptors (Lipinski definition) is 4. The van der Waals surface area contributed by atoms with Crippen LogP contribution in [0.1, 0.15) is 18.4 Å². The molecule has 1 aromatic rings. The summed E-state index contributed by atoms with van der Waals surface area (Å²) in [5.41, 5.74) is 5.83. The van der Waals surface area contributed by atoms with Crippen LogP contribution in [-0.4, -0.2) is 32.2 Å². The van der Waals surface area contributed by atoms with Gasteiger partial charge in [0.1, 0.15) is 17.9 Å². The van der Waals surface area contributed by atoms with Crippen LogP contribution in [0.3, 0.4) is 0 Å². The first-order chi connectivity index (χ1) is 9.62. The van der Waals surface area contributed by atoms with Crippen molar-refractivity contribution in [2.75, 3.05) is 20.8 Å². The van der Waals surface area contributed by atoms with Crippen molar-refractivity contribution in [2.45, 2.75) is 25.0 Å². The van der Waals surface area contributed by atoms with Gasteiger partial charge in [0.2, 0.25) is 5.91 Å². The Morgan fingerprint density at radius 1 is 1.50 bits per heavy atom. The molecule has 0 saturated heterocycles. The Morgan fingerprint density at radius 3 is 2.80 bits per heavy atom. The molecule has 5 nitrogen and oxygen atoms in total. The maximum Gasteiger partial charge on any atom is 0.241 e. The highest BCUT2D eigenvalue weighted by Gasteiger charge is 2.49. The van der Waals surface area contributed by atoms with E-state index in [1.165, 1.54) is 0 Å². The molecule has 1 aliphatic carbocycles. The zero-order valence-corrected chi connectivity index (χ0v) is 12.0. The number of amides is 1. The first-order valence-electron chi connectivity index (χ1n) is 6.82. The topological polar surface area (TPSA) is 73.6 Å². The summed E-state index contributed by atoms with van der Waals surface area (Å²) in [6.07, 6.45) is 2.02. The van der Waals surface area contributed by atoms with Gasteiger partial charge >= 0.3 is 0 Å². The predicted octanol–water partition coefficient (Wildman–Crippen LogP) is 1.07. The molecular formula is C15H22N2O3. The van der Waals surface area contributed by atoms with E-state index in [9.17, 15) is 4.79 Å². The van der Waals surface area contributed by atoms with Gasteiger partial charge in [-0.05, 0) is 43.5 Å². The van der Waals surface area contributed by atoms with Crippen LogP contribution in [0.4, 0.5) is 0 Å². The molecule has 0 bridgehead atoms. The molecule has 0 aliphatic heterocycles. The van der Waals surface area contributed by atoms with Crippen molar-refractivity contribution in [3.05, 3.63) is 29.8 Å². The number of hydrogen-bond donors (Lipinski definition) is 2. The predicted molar refractivity (Wildman–Crippen MR) is 76.4 cm³/mol. The molecule has 1 saturated carbocycles. The number of ether oxygens (including phenoxy) is 2. The molecule has 0 radical (unpaired) electrons. The molecule has 5 heteroatoms. The van der Waals surface area contributed by atoms with Crippen LogP contribution in [-0.2, 0) is 16.1 Å². The van der Waals surface area contributed by atoms with E-state index >= 15 is 0 Å². The van der Waals surface area contributed by atoms with Gasteiger partial charge in [-0.2, -0.15) is 0 Å². The second-order valence-corrected chi connectivity index (χ2v) is 5.23. The zero-order valence-electron chi connectivity index (χ0n) is 12.0. The van der Waals surface area contributed by atoms with Gasteiger partial charge in [0, 0.05) is 7.11 Å². The normalized spacial score (nSPS) is 17.5. The SMILES string of the molecule is CNC(COc1cccc(COC)c1)(C(N)=O)C1CC1. The fourth-order valence-electron chi connectivity index (χ4n) is 2.45. The number of primary amides is 1. The van der Waals surface area contributed by atoms with E-state index in [2.05, 4.69) is 5.32 Å². The first-order valence-corrected chi connectivity index (χ1v) is 6.82. The Kier molecular flexibility index (Phi) is 4.62. The fraction of sp³-hybridized carbons (Fsp3) is 0.533. The summed E-state index contributed by atoms with van der Waals surface area (Å²) in [7, 11) is 3.41. The molecule has 3 N–H and O–H groups in total. The zero-order chi connectivity index (χ0) is 14.6. The van der Waals surface area contributed by atoms with E-state index in [0.717, 1.165) is 24.2 Å². The lowest BCUT2D eigenvalue weighted by atomic mass is 9.93. The molecule has 110 valence electrons. The van der Waals surface area contributed by atoms with Crippen molar-refractivity contribution < 1.29 is 14.3 Å². The lowest BCUT2D eigenvalue weighted by Gasteiger charge is -2.30. The highest BCUT2D eigenvalue weighted by atomic mass is 16.5. The van der Waals surface area contributed by atoms with Gasteiger partial charge in [0.25, 0.3) is 0 Å². The average Bonchev–Trinajstić information content (AvgIpc) is 3.25. The molecule has 1 amide bonds. The van der Waals surface area contributed by atoms with Crippen LogP contribution in [0.15, 0.2) is 24.3 Å². The fourth-order valence-corrected chi connectivity index (χ4v) is 2.45. The molecule has 0 heterocycles. The van der Waals surface area contributed by atoms with Crippen LogP contribution in [0.2, 0.25) is 0 Å². The molecular weight excluding hydrogens is 256 g/mol. The summed E-state index contributed by atoms with van der Waals surface area (Å²) in [5, 5.41) is 3.06. The van der Waals surface area contributed by atoms with E-state index < -0.39 is 5.54 Å². The second-order valence-electron chi connectivity index (χ2n) is 5.23. The van der Waals surface area contributed by atoms with Crippen LogP contribution in [0.25, 0.3) is 0 Å². The molecule has 1 aromatic carbocycles. The number of rotatable bonds is 8. The standard InChI is InChI=1S/C15H22N2O3/c1-17-15(14(16)18,12-6-7-12)10-20-13-5-3-4-11(8-13)9-19-2/h3-5,8,12,17H,6-7,9-10H2,1-2H3,(H2,16,18). The molecule has 20 heavy (non-hydrogen) atoms. The van der Waals surface area contributed by atoms with Crippen molar-refractivity contribution in [3.8, 4) is 5.75 Å². The maximum absolute atomic E-state index is 11.8. The minimum absolute atomic E-state index is 0.250. The third-order valence-electron chi connectivity index (χ3n) is 3.84. The molecule has 1 fully saturated rings. The van der Waals surface area contributed by atoms with Crippen LogP contribution in [0, 0.1) is 5.92 Å². The van der Waals surface area contributed by atoms with E-state index in [1.54, 1.807) is 14.2 Å². The van der Waals surface area contributed by atoms with Gasteiger partial charge in [-0.3, -0.25) is 4.79 Å². The minimum Gasteiger partial charge on any atom is -0.491 e. The second kappa shape index (κ2) is 6.24. The van der Waals surface area contributed by atoms with Crippen molar-refractivity contribution in [1.82, 2.24) is 5.32 Å². The van der Waals surface area contributed by atoms with E-state index in [4.69, 9.17) is 15.2 Å². The number of benzene rings is 1. The molecule has 1 unspecified atom stereocenters. The van der Waals surface area contributed by atoms with Gasteiger partial charge in [0.05, 0.1) is 6.61 Å². The number of nitrogens with two attached hydrogens (primary N) is 1. The van der Waals surface area contributed by atoms with Crippen molar-refractivity contribution in [1.29, 1.82) is 0 Å². The van der Waals surface area contributed by atoms with Gasteiger partial charge < -0.3 is 20.5 Å². The Morgan fingerprint density at radius 2 is 2.25 bits per heavy atom. The molecule has 2 rings (SSSR count). The van der Waals surface area contributed by atoms with Crippen LogP contribution < -0.4 is 15.8 Å². The Balaban J connectivity index is 2.05. The Labute approximate surface area is 119 Å². The van der Waals surface area contributed by atoms with Gasteiger partial charge in [-0.15, -0.1) is 0 Å². The third-order valence-corrected chi connectivity index (χ3v) is 3.84. The number of methoxy groups -OCH3 is 1. The monoisotopic (exact) mass is 278 g/mol. The molecule has 0 spiro atoms. The minimum atomic E-state index is -0.767. The van der Waals surface area contributed by atoms with Gasteiger partial charge in [-0.1, -0.05) is 12.1 Å². The smallest absolute Gasteiger partial charge is 0.241 e. The summed E-state index contributed by atoms with van der Waals surface area (Å²) in [4.78, 5) is 11.8. The number of carbonyl (C=O) groups excluding carboxylic acids is 1. The first kappa shape index (κ1) is 14.8. The maximum atomic E-state index is 11.8.